The van der Waals surface area contributed by atoms with Gasteiger partial charge in [-0.15, -0.1) is 0 Å². The van der Waals surface area contributed by atoms with E-state index in [2.05, 4.69) is 4.79 Å². The lowest BCUT2D eigenvalue weighted by molar-refractivity contribution is -0.120. The molecule has 1 aliphatic rings. The fraction of sp³-hybridized carbons (Fsp3) is 0.400. The normalized spacial score (nSPS) is 20.7. The third-order valence-electron chi connectivity index (χ3n) is 3.62. The molecule has 1 amide bonds. The minimum absolute atomic E-state index is 0.0137. The van der Waals surface area contributed by atoms with Crippen LogP contribution in [0.25, 0.3) is 5.53 Å². The van der Waals surface area contributed by atoms with Crippen LogP contribution >= 0.6 is 0 Å². The van der Waals surface area contributed by atoms with E-state index >= 15 is 0 Å². The number of ether oxygens (including phenoxy) is 1. The van der Waals surface area contributed by atoms with Gasteiger partial charge in [-0.1, -0.05) is 37.3 Å². The molecule has 1 saturated heterocycles. The van der Waals surface area contributed by atoms with E-state index < -0.39 is 12.1 Å². The van der Waals surface area contributed by atoms with Crippen molar-refractivity contribution in [3.63, 3.8) is 0 Å². The third-order valence-corrected chi connectivity index (χ3v) is 3.62. The number of benzene rings is 1. The molecule has 1 unspecified atom stereocenters. The van der Waals surface area contributed by atoms with Crippen molar-refractivity contribution in [2.45, 2.75) is 26.0 Å². The van der Waals surface area contributed by atoms with Gasteiger partial charge in [-0.2, -0.15) is 4.79 Å². The van der Waals surface area contributed by atoms with Crippen LogP contribution in [0.5, 0.6) is 0 Å². The predicted molar refractivity (Wildman–Crippen MR) is 75.6 cm³/mol. The number of hydrogen-bond acceptors (Lipinski definition) is 3. The van der Waals surface area contributed by atoms with Crippen LogP contribution in [0.4, 0.5) is 4.79 Å². The number of amides is 1. The number of hydrogen-bond donors (Lipinski definition) is 0. The molecule has 2 atom stereocenters. The first kappa shape index (κ1) is 14.9. The van der Waals surface area contributed by atoms with Crippen LogP contribution in [0.2, 0.25) is 0 Å². The van der Waals surface area contributed by atoms with E-state index in [1.165, 1.54) is 4.90 Å². The lowest BCUT2D eigenvalue weighted by atomic mass is 10.00. The molecule has 21 heavy (non-hydrogen) atoms. The molecular formula is C15H17N3O3. The summed E-state index contributed by atoms with van der Waals surface area (Å²) in [6.07, 6.45) is 1.04. The summed E-state index contributed by atoms with van der Waals surface area (Å²) in [7, 11) is 0. The van der Waals surface area contributed by atoms with Gasteiger partial charge in [0, 0.05) is 6.54 Å². The van der Waals surface area contributed by atoms with Gasteiger partial charge in [0.05, 0.1) is 0 Å². The lowest BCUT2D eigenvalue weighted by Crippen LogP contribution is -2.43. The molecule has 0 radical (unpaired) electrons. The monoisotopic (exact) mass is 287 g/mol. The van der Waals surface area contributed by atoms with Crippen molar-refractivity contribution in [3.05, 3.63) is 41.4 Å². The predicted octanol–water partition coefficient (Wildman–Crippen LogP) is 1.90. The van der Waals surface area contributed by atoms with Crippen molar-refractivity contribution in [1.29, 1.82) is 0 Å². The Labute approximate surface area is 122 Å². The first-order valence-electron chi connectivity index (χ1n) is 6.82. The highest BCUT2D eigenvalue weighted by Crippen LogP contribution is 2.25. The average molecular weight is 287 g/mol. The zero-order valence-electron chi connectivity index (χ0n) is 11.8. The standard InChI is InChI=1S/C15H17N3O3/c1-11-7-8-18(14(11)13(19)9-17-16)15(20)21-10-12-5-3-2-4-6-12/h2-6,9,11,14H,7-8,10H2,1H3/t11-,14?/m0/s1. The summed E-state index contributed by atoms with van der Waals surface area (Å²) in [4.78, 5) is 28.2. The summed E-state index contributed by atoms with van der Waals surface area (Å²) >= 11 is 0. The van der Waals surface area contributed by atoms with Gasteiger partial charge in [-0.25, -0.2) is 4.79 Å². The van der Waals surface area contributed by atoms with Gasteiger partial charge in [0.25, 0.3) is 5.78 Å². The Morgan fingerprint density at radius 3 is 2.81 bits per heavy atom. The van der Waals surface area contributed by atoms with Gasteiger partial charge >= 0.3 is 12.3 Å². The van der Waals surface area contributed by atoms with Gasteiger partial charge < -0.3 is 10.3 Å². The second-order valence-electron chi connectivity index (χ2n) is 5.09. The van der Waals surface area contributed by atoms with Crippen LogP contribution in [0, 0.1) is 5.92 Å². The highest BCUT2D eigenvalue weighted by Gasteiger charge is 2.40. The molecule has 1 aliphatic heterocycles. The van der Waals surface area contributed by atoms with Gasteiger partial charge in [-0.05, 0) is 17.9 Å². The second kappa shape index (κ2) is 6.81. The molecule has 1 heterocycles. The Morgan fingerprint density at radius 1 is 1.43 bits per heavy atom. The fourth-order valence-electron chi connectivity index (χ4n) is 2.52. The molecule has 1 aromatic carbocycles. The van der Waals surface area contributed by atoms with Crippen molar-refractivity contribution in [2.24, 2.45) is 5.92 Å². The Morgan fingerprint density at radius 2 is 2.14 bits per heavy atom. The van der Waals surface area contributed by atoms with E-state index in [4.69, 9.17) is 10.3 Å². The summed E-state index contributed by atoms with van der Waals surface area (Å²) in [6, 6.07) is 8.72. The van der Waals surface area contributed by atoms with E-state index in [0.29, 0.717) is 6.54 Å². The molecule has 6 heteroatoms. The maximum absolute atomic E-state index is 12.1. The maximum Gasteiger partial charge on any atom is 0.410 e. The Balaban J connectivity index is 2.00. The van der Waals surface area contributed by atoms with Crippen molar-refractivity contribution in [2.75, 3.05) is 6.54 Å². The molecular weight excluding hydrogens is 270 g/mol. The van der Waals surface area contributed by atoms with E-state index in [0.717, 1.165) is 18.2 Å². The summed E-state index contributed by atoms with van der Waals surface area (Å²) in [5, 5.41) is 0. The molecule has 2 rings (SSSR count). The van der Waals surface area contributed by atoms with Gasteiger partial charge in [0.2, 0.25) is 0 Å². The lowest BCUT2D eigenvalue weighted by Gasteiger charge is -2.22. The molecule has 0 spiro atoms. The Hall–Kier alpha value is -2.46. The van der Waals surface area contributed by atoms with Crippen LogP contribution in [-0.4, -0.2) is 40.4 Å². The molecule has 0 aromatic heterocycles. The zero-order chi connectivity index (χ0) is 15.2. The first-order chi connectivity index (χ1) is 10.1. The van der Waals surface area contributed by atoms with Crippen LogP contribution in [-0.2, 0) is 16.1 Å². The average Bonchev–Trinajstić information content (AvgIpc) is 2.88. The van der Waals surface area contributed by atoms with E-state index in [1.54, 1.807) is 0 Å². The van der Waals surface area contributed by atoms with Crippen molar-refractivity contribution in [3.8, 4) is 0 Å². The topological polar surface area (TPSA) is 83.0 Å². The smallest absolute Gasteiger partial charge is 0.410 e. The minimum Gasteiger partial charge on any atom is -0.445 e. The molecule has 0 bridgehead atoms. The molecule has 110 valence electrons. The van der Waals surface area contributed by atoms with Crippen molar-refractivity contribution < 1.29 is 19.1 Å². The highest BCUT2D eigenvalue weighted by atomic mass is 16.6. The summed E-state index contributed by atoms with van der Waals surface area (Å²) in [5.41, 5.74) is 9.36. The molecule has 0 saturated carbocycles. The number of carbonyl (C=O) groups excluding carboxylic acids is 2. The molecule has 0 N–H and O–H groups in total. The highest BCUT2D eigenvalue weighted by molar-refractivity contribution is 6.28. The number of carbonyl (C=O) groups is 2. The van der Waals surface area contributed by atoms with Gasteiger partial charge in [0.15, 0.2) is 0 Å². The van der Waals surface area contributed by atoms with Crippen molar-refractivity contribution >= 4 is 18.1 Å². The molecule has 1 aromatic rings. The van der Waals surface area contributed by atoms with Crippen LogP contribution in [0.3, 0.4) is 0 Å². The van der Waals surface area contributed by atoms with Crippen molar-refractivity contribution in [1.82, 2.24) is 4.90 Å². The summed E-state index contributed by atoms with van der Waals surface area (Å²) < 4.78 is 5.25. The molecule has 1 fully saturated rings. The van der Waals surface area contributed by atoms with Crippen LogP contribution < -0.4 is 0 Å². The number of rotatable bonds is 4. The second-order valence-corrected chi connectivity index (χ2v) is 5.09. The number of nitrogens with zero attached hydrogens (tertiary/aromatic N) is 3. The fourth-order valence-corrected chi connectivity index (χ4v) is 2.52. The van der Waals surface area contributed by atoms with E-state index in [1.807, 2.05) is 37.3 Å². The zero-order valence-corrected chi connectivity index (χ0v) is 11.8. The first-order valence-corrected chi connectivity index (χ1v) is 6.82. The number of ketones is 1. The summed E-state index contributed by atoms with van der Waals surface area (Å²) in [6.45, 7) is 2.52. The molecule has 6 nitrogen and oxygen atoms in total. The largest absolute Gasteiger partial charge is 0.445 e. The minimum atomic E-state index is -0.621. The van der Waals surface area contributed by atoms with E-state index in [9.17, 15) is 9.59 Å². The van der Waals surface area contributed by atoms with E-state index in [-0.39, 0.29) is 18.3 Å². The Bertz CT molecular complexity index is 567. The summed E-state index contributed by atoms with van der Waals surface area (Å²) in [5.74, 6) is -0.376. The van der Waals surface area contributed by atoms with Gasteiger partial charge in [0.1, 0.15) is 12.6 Å². The van der Waals surface area contributed by atoms with Crippen LogP contribution in [0.15, 0.2) is 30.3 Å². The number of likely N-dealkylation sites (tertiary alicyclic amines) is 1. The third kappa shape index (κ3) is 3.55. The quantitative estimate of drug-likeness (QED) is 0.481. The Kier molecular flexibility index (Phi) is 4.85. The maximum atomic E-state index is 12.1. The SMILES string of the molecule is C[C@H]1CCN(C(=O)OCc2ccccc2)C1C(=O)C=[N+]=[N-]. The molecule has 0 aliphatic carbocycles. The number of Topliss-reactive ketones (excluding diaryl/α,β-unsaturated/α-hetero) is 1. The van der Waals surface area contributed by atoms with Gasteiger partial charge in [-0.3, -0.25) is 9.69 Å². The van der Waals surface area contributed by atoms with Crippen LogP contribution in [0.1, 0.15) is 18.9 Å².